The summed E-state index contributed by atoms with van der Waals surface area (Å²) in [5.41, 5.74) is 0.538. The molecule has 0 saturated carbocycles. The lowest BCUT2D eigenvalue weighted by Crippen LogP contribution is -2.28. The third-order valence-corrected chi connectivity index (χ3v) is 4.63. The number of carbonyl (C=O) groups is 1. The molecule has 2 aliphatic rings. The Kier molecular flexibility index (Phi) is 3.66. The molecule has 2 atom stereocenters. The van der Waals surface area contributed by atoms with E-state index in [2.05, 4.69) is 10.3 Å². The molecule has 0 bridgehead atoms. The van der Waals surface area contributed by atoms with E-state index in [1.807, 2.05) is 0 Å². The predicted octanol–water partition coefficient (Wildman–Crippen LogP) is 2.27. The second-order valence-corrected chi connectivity index (χ2v) is 5.85. The maximum Gasteiger partial charge on any atom is 0.188 e. The summed E-state index contributed by atoms with van der Waals surface area (Å²) in [4.78, 5) is 16.8. The van der Waals surface area contributed by atoms with Crippen LogP contribution in [-0.2, 0) is 0 Å². The van der Waals surface area contributed by atoms with Gasteiger partial charge in [0.05, 0.1) is 11.1 Å². The van der Waals surface area contributed by atoms with Gasteiger partial charge in [-0.3, -0.25) is 9.79 Å². The number of aliphatic imine (C=N–C) groups is 1. The quantitative estimate of drug-likeness (QED) is 0.862. The Labute approximate surface area is 115 Å². The van der Waals surface area contributed by atoms with Crippen LogP contribution < -0.4 is 5.32 Å². The van der Waals surface area contributed by atoms with Gasteiger partial charge in [-0.05, 0) is 43.7 Å². The summed E-state index contributed by atoms with van der Waals surface area (Å²) in [6.07, 6.45) is 2.27. The highest BCUT2D eigenvalue weighted by Crippen LogP contribution is 2.26. The number of thioether (sulfide) groups is 1. The van der Waals surface area contributed by atoms with Crippen LogP contribution in [0.3, 0.4) is 0 Å². The standard InChI is InChI=1S/C14H15FN2OS/c15-10-5-3-9(4-6-10)13(18)12-8-19-14(17-12)11-2-1-7-16-11/h3-6,11-12,16H,1-2,7-8H2. The molecule has 1 aromatic rings. The molecule has 0 aromatic heterocycles. The summed E-state index contributed by atoms with van der Waals surface area (Å²) < 4.78 is 12.8. The minimum Gasteiger partial charge on any atom is -0.308 e. The van der Waals surface area contributed by atoms with Crippen LogP contribution in [0.1, 0.15) is 23.2 Å². The van der Waals surface area contributed by atoms with Gasteiger partial charge < -0.3 is 5.32 Å². The summed E-state index contributed by atoms with van der Waals surface area (Å²) in [7, 11) is 0. The van der Waals surface area contributed by atoms with Crippen molar-refractivity contribution in [2.24, 2.45) is 4.99 Å². The SMILES string of the molecule is O=C(c1ccc(F)cc1)C1CSC(C2CCCN2)=N1. The number of hydrogen-bond acceptors (Lipinski definition) is 4. The zero-order valence-corrected chi connectivity index (χ0v) is 11.3. The van der Waals surface area contributed by atoms with Crippen LogP contribution in [0, 0.1) is 5.82 Å². The molecule has 0 aliphatic carbocycles. The molecular weight excluding hydrogens is 263 g/mol. The van der Waals surface area contributed by atoms with E-state index in [4.69, 9.17) is 0 Å². The van der Waals surface area contributed by atoms with Crippen molar-refractivity contribution in [2.75, 3.05) is 12.3 Å². The van der Waals surface area contributed by atoms with E-state index in [0.29, 0.717) is 17.4 Å². The van der Waals surface area contributed by atoms with Gasteiger partial charge in [-0.25, -0.2) is 4.39 Å². The lowest BCUT2D eigenvalue weighted by molar-refractivity contribution is 0.0971. The number of carbonyl (C=O) groups excluding carboxylic acids is 1. The average Bonchev–Trinajstić information content (AvgIpc) is 3.10. The molecule has 5 heteroatoms. The van der Waals surface area contributed by atoms with E-state index in [9.17, 15) is 9.18 Å². The van der Waals surface area contributed by atoms with Gasteiger partial charge in [0.25, 0.3) is 0 Å². The fraction of sp³-hybridized carbons (Fsp3) is 0.429. The van der Waals surface area contributed by atoms with Crippen molar-refractivity contribution in [1.82, 2.24) is 5.32 Å². The summed E-state index contributed by atoms with van der Waals surface area (Å²) in [6.45, 7) is 1.03. The first-order valence-electron chi connectivity index (χ1n) is 6.48. The molecule has 1 fully saturated rings. The highest BCUT2D eigenvalue weighted by molar-refractivity contribution is 8.14. The third kappa shape index (κ3) is 2.72. The maximum atomic E-state index is 12.8. The number of halogens is 1. The first-order chi connectivity index (χ1) is 9.24. The van der Waals surface area contributed by atoms with Crippen molar-refractivity contribution in [1.29, 1.82) is 0 Å². The van der Waals surface area contributed by atoms with E-state index >= 15 is 0 Å². The predicted molar refractivity (Wildman–Crippen MR) is 75.4 cm³/mol. The first-order valence-corrected chi connectivity index (χ1v) is 7.46. The van der Waals surface area contributed by atoms with Crippen molar-refractivity contribution >= 4 is 22.6 Å². The lowest BCUT2D eigenvalue weighted by atomic mass is 10.1. The molecule has 0 amide bonds. The Morgan fingerprint density at radius 3 is 2.84 bits per heavy atom. The molecule has 1 aromatic carbocycles. The van der Waals surface area contributed by atoms with E-state index < -0.39 is 0 Å². The first kappa shape index (κ1) is 12.8. The van der Waals surface area contributed by atoms with Crippen LogP contribution >= 0.6 is 11.8 Å². The molecule has 1 saturated heterocycles. The smallest absolute Gasteiger partial charge is 0.188 e. The van der Waals surface area contributed by atoms with Crippen molar-refractivity contribution in [3.05, 3.63) is 35.6 Å². The zero-order valence-electron chi connectivity index (χ0n) is 10.4. The normalized spacial score (nSPS) is 26.5. The van der Waals surface area contributed by atoms with Gasteiger partial charge in [0, 0.05) is 11.3 Å². The summed E-state index contributed by atoms with van der Waals surface area (Å²) in [6, 6.07) is 5.72. The Morgan fingerprint density at radius 1 is 1.37 bits per heavy atom. The van der Waals surface area contributed by atoms with Gasteiger partial charge in [-0.1, -0.05) is 0 Å². The topological polar surface area (TPSA) is 41.5 Å². The molecule has 0 spiro atoms. The number of nitrogens with one attached hydrogen (secondary N) is 1. The maximum absolute atomic E-state index is 12.8. The fourth-order valence-electron chi connectivity index (χ4n) is 2.42. The summed E-state index contributed by atoms with van der Waals surface area (Å²) >= 11 is 1.67. The fourth-order valence-corrected chi connectivity index (χ4v) is 3.58. The summed E-state index contributed by atoms with van der Waals surface area (Å²) in [5.74, 6) is 0.362. The van der Waals surface area contributed by atoms with Gasteiger partial charge in [0.15, 0.2) is 5.78 Å². The average molecular weight is 278 g/mol. The molecule has 0 radical (unpaired) electrons. The van der Waals surface area contributed by atoms with Crippen LogP contribution in [-0.4, -0.2) is 35.2 Å². The molecule has 2 unspecified atom stereocenters. The lowest BCUT2D eigenvalue weighted by Gasteiger charge is -2.07. The van der Waals surface area contributed by atoms with Crippen LogP contribution in [0.25, 0.3) is 0 Å². The number of nitrogens with zero attached hydrogens (tertiary/aromatic N) is 1. The van der Waals surface area contributed by atoms with Crippen molar-refractivity contribution in [2.45, 2.75) is 24.9 Å². The molecule has 1 N–H and O–H groups in total. The van der Waals surface area contributed by atoms with E-state index in [0.717, 1.165) is 18.0 Å². The molecule has 3 rings (SSSR count). The van der Waals surface area contributed by atoms with Crippen molar-refractivity contribution < 1.29 is 9.18 Å². The number of benzene rings is 1. The number of rotatable bonds is 3. The molecule has 19 heavy (non-hydrogen) atoms. The number of ketones is 1. The van der Waals surface area contributed by atoms with Gasteiger partial charge in [0.2, 0.25) is 0 Å². The zero-order chi connectivity index (χ0) is 13.2. The van der Waals surface area contributed by atoms with Gasteiger partial charge in [-0.2, -0.15) is 0 Å². The Balaban J connectivity index is 1.72. The Morgan fingerprint density at radius 2 is 2.16 bits per heavy atom. The van der Waals surface area contributed by atoms with Crippen LogP contribution in [0.15, 0.2) is 29.3 Å². The third-order valence-electron chi connectivity index (χ3n) is 3.46. The van der Waals surface area contributed by atoms with E-state index in [1.54, 1.807) is 11.8 Å². The van der Waals surface area contributed by atoms with Crippen molar-refractivity contribution in [3.8, 4) is 0 Å². The largest absolute Gasteiger partial charge is 0.308 e. The summed E-state index contributed by atoms with van der Waals surface area (Å²) in [5, 5.41) is 4.45. The Hall–Kier alpha value is -1.20. The highest BCUT2D eigenvalue weighted by atomic mass is 32.2. The van der Waals surface area contributed by atoms with E-state index in [-0.39, 0.29) is 17.6 Å². The Bertz CT molecular complexity index is 509. The number of hydrogen-bond donors (Lipinski definition) is 1. The minimum atomic E-state index is -0.323. The van der Waals surface area contributed by atoms with E-state index in [1.165, 1.54) is 30.7 Å². The van der Waals surface area contributed by atoms with Crippen LogP contribution in [0.4, 0.5) is 4.39 Å². The molecule has 2 aliphatic heterocycles. The number of Topliss-reactive ketones (excluding diaryl/α,β-unsaturated/α-hetero) is 1. The monoisotopic (exact) mass is 278 g/mol. The molecular formula is C14H15FN2OS. The van der Waals surface area contributed by atoms with Crippen LogP contribution in [0.2, 0.25) is 0 Å². The second kappa shape index (κ2) is 5.43. The highest BCUT2D eigenvalue weighted by Gasteiger charge is 2.30. The molecule has 100 valence electrons. The molecule has 3 nitrogen and oxygen atoms in total. The minimum absolute atomic E-state index is 0.0134. The van der Waals surface area contributed by atoms with Gasteiger partial charge in [-0.15, -0.1) is 11.8 Å². The van der Waals surface area contributed by atoms with Crippen LogP contribution in [0.5, 0.6) is 0 Å². The van der Waals surface area contributed by atoms with Gasteiger partial charge >= 0.3 is 0 Å². The van der Waals surface area contributed by atoms with Crippen molar-refractivity contribution in [3.63, 3.8) is 0 Å². The molecule has 2 heterocycles. The second-order valence-electron chi connectivity index (χ2n) is 4.81. The van der Waals surface area contributed by atoms with Gasteiger partial charge in [0.1, 0.15) is 11.9 Å².